The summed E-state index contributed by atoms with van der Waals surface area (Å²) < 4.78 is 9.53. The zero-order chi connectivity index (χ0) is 51.3. The predicted molar refractivity (Wildman–Crippen MR) is 333 cm³/mol. The molecule has 78 heavy (non-hydrogen) atoms. The normalized spacial score (nSPS) is 12.1. The number of nitrogens with zero attached hydrogens (tertiary/aromatic N) is 4. The molecule has 4 nitrogen and oxygen atoms in total. The molecule has 0 aliphatic heterocycles. The topological polar surface area (TPSA) is 38.0 Å². The molecule has 0 bridgehead atoms. The first-order valence-corrected chi connectivity index (χ1v) is 27.8. The lowest BCUT2D eigenvalue weighted by molar-refractivity contribution is 1.14. The van der Waals surface area contributed by atoms with Crippen molar-refractivity contribution in [2.24, 2.45) is 0 Å². The van der Waals surface area contributed by atoms with Crippen LogP contribution in [0.25, 0.3) is 166 Å². The van der Waals surface area contributed by atoms with E-state index in [1.165, 1.54) is 40.3 Å². The first-order valence-electron chi connectivity index (χ1n) is 26.1. The number of aromatic nitrogens is 2. The Balaban J connectivity index is 1.13. The zero-order valence-corrected chi connectivity index (χ0v) is 43.2. The summed E-state index contributed by atoms with van der Waals surface area (Å²) in [5.74, 6) is 0. The number of para-hydroxylation sites is 2. The number of nitriles is 1. The highest BCUT2D eigenvalue weighted by Crippen LogP contribution is 2.54. The van der Waals surface area contributed by atoms with Crippen LogP contribution in [-0.2, 0) is 0 Å². The molecule has 0 fully saturated rings. The molecule has 0 aliphatic carbocycles. The zero-order valence-electron chi connectivity index (χ0n) is 41.5. The molecule has 0 unspecified atom stereocenters. The Labute approximate surface area is 454 Å². The SMILES string of the molecule is [C-]#[N+]c1c(-c2ccc3ccc4ccccc4c3c2)c(C#N)c(-n2c3ccccc3c3cc4c(cc32)sc2ccccc24)c(-c2ccc3ccc4ccccc4c3c2)c1-n1c2ccccc2c2cc3c(cc21)sc1ccccc13. The van der Waals surface area contributed by atoms with E-state index >= 15 is 0 Å². The van der Waals surface area contributed by atoms with Crippen molar-refractivity contribution < 1.29 is 0 Å². The van der Waals surface area contributed by atoms with Gasteiger partial charge in [0.15, 0.2) is 0 Å². The van der Waals surface area contributed by atoms with E-state index in [1.807, 2.05) is 0 Å². The third-order valence-corrected chi connectivity index (χ3v) is 18.8. The van der Waals surface area contributed by atoms with E-state index in [9.17, 15) is 11.8 Å². The van der Waals surface area contributed by atoms with E-state index in [4.69, 9.17) is 4.85 Å². The molecule has 0 amide bonds. The van der Waals surface area contributed by atoms with Crippen LogP contribution in [0.5, 0.6) is 0 Å². The lowest BCUT2D eigenvalue weighted by Crippen LogP contribution is -2.09. The standard InChI is InChI=1S/C72H38N4S2/c1-74-70-68(45-32-30-43-28-26-41-14-2-4-16-47(41)53(43)34-45)59(40-73)71(75-60-22-10-6-18-49(60)55-36-57-51-20-8-12-24-64(51)77-66(57)38-62(55)75)69(46-33-31-44-29-27-42-15-3-5-17-48(42)54(44)35-46)72(70)76-61-23-11-7-19-50(61)56-37-58-52-21-9-13-25-65(52)78-67(58)39-63(56)76/h2-39H. The maximum atomic E-state index is 12.4. The Hall–Kier alpha value is -10.1. The van der Waals surface area contributed by atoms with Crippen molar-refractivity contribution in [1.29, 1.82) is 5.26 Å². The second kappa shape index (κ2) is 16.2. The highest BCUT2D eigenvalue weighted by molar-refractivity contribution is 7.26. The fraction of sp³-hybridized carbons (Fsp3) is 0. The molecule has 0 saturated heterocycles. The van der Waals surface area contributed by atoms with Crippen molar-refractivity contribution in [2.75, 3.05) is 0 Å². The highest BCUT2D eigenvalue weighted by atomic mass is 32.1. The van der Waals surface area contributed by atoms with Gasteiger partial charge in [-0.15, -0.1) is 22.7 Å². The molecule has 0 aliphatic rings. The Kier molecular flexibility index (Phi) is 8.98. The van der Waals surface area contributed by atoms with Gasteiger partial charge in [-0.05, 0) is 115 Å². The molecule has 6 heteroatoms. The van der Waals surface area contributed by atoms with Crippen LogP contribution in [0.2, 0.25) is 0 Å². The summed E-state index contributed by atoms with van der Waals surface area (Å²) in [6.07, 6.45) is 0. The minimum absolute atomic E-state index is 0.412. The van der Waals surface area contributed by atoms with E-state index in [0.717, 1.165) is 115 Å². The van der Waals surface area contributed by atoms with Crippen LogP contribution >= 0.6 is 22.7 Å². The molecule has 0 radical (unpaired) electrons. The number of hydrogen-bond donors (Lipinski definition) is 0. The second-order valence-electron chi connectivity index (χ2n) is 20.5. The van der Waals surface area contributed by atoms with Gasteiger partial charge in [0.1, 0.15) is 6.07 Å². The van der Waals surface area contributed by atoms with Gasteiger partial charge in [-0.2, -0.15) is 5.26 Å². The van der Waals surface area contributed by atoms with E-state index in [2.05, 4.69) is 246 Å². The minimum atomic E-state index is 0.412. The molecule has 4 aromatic heterocycles. The predicted octanol–water partition coefficient (Wildman–Crippen LogP) is 21.0. The molecular weight excluding hydrogens is 985 g/mol. The summed E-state index contributed by atoms with van der Waals surface area (Å²) >= 11 is 3.59. The number of thiophene rings is 2. The summed E-state index contributed by atoms with van der Waals surface area (Å²) in [4.78, 5) is 4.75. The summed E-state index contributed by atoms with van der Waals surface area (Å²) in [6, 6.07) is 86.0. The fourth-order valence-corrected chi connectivity index (χ4v) is 15.3. The van der Waals surface area contributed by atoms with Gasteiger partial charge >= 0.3 is 0 Å². The van der Waals surface area contributed by atoms with Crippen LogP contribution in [0, 0.1) is 17.9 Å². The quantitative estimate of drug-likeness (QED) is 0.128. The van der Waals surface area contributed by atoms with Gasteiger partial charge < -0.3 is 9.13 Å². The smallest absolute Gasteiger partial charge is 0.220 e. The first-order chi connectivity index (χ1) is 38.6. The average molecular weight is 1020 g/mol. The van der Waals surface area contributed by atoms with E-state index < -0.39 is 0 Å². The van der Waals surface area contributed by atoms with Crippen LogP contribution in [0.3, 0.4) is 0 Å². The van der Waals surface area contributed by atoms with Crippen molar-refractivity contribution >= 4 is 155 Å². The highest BCUT2D eigenvalue weighted by Gasteiger charge is 2.32. The molecule has 0 N–H and O–H groups in total. The van der Waals surface area contributed by atoms with E-state index in [1.54, 1.807) is 22.7 Å². The molecule has 17 rings (SSSR count). The van der Waals surface area contributed by atoms with Crippen molar-refractivity contribution in [3.8, 4) is 39.7 Å². The number of fused-ring (bicyclic) bond motifs is 18. The van der Waals surface area contributed by atoms with Gasteiger partial charge in [0.2, 0.25) is 5.69 Å². The number of hydrogen-bond acceptors (Lipinski definition) is 3. The monoisotopic (exact) mass is 1020 g/mol. The van der Waals surface area contributed by atoms with Crippen molar-refractivity contribution in [3.63, 3.8) is 0 Å². The van der Waals surface area contributed by atoms with Gasteiger partial charge in [-0.25, -0.2) is 4.85 Å². The van der Waals surface area contributed by atoms with Gasteiger partial charge in [-0.1, -0.05) is 170 Å². The van der Waals surface area contributed by atoms with Crippen molar-refractivity contribution in [3.05, 3.63) is 248 Å². The number of rotatable bonds is 4. The van der Waals surface area contributed by atoms with Crippen LogP contribution in [0.4, 0.5) is 5.69 Å². The minimum Gasteiger partial charge on any atom is -0.318 e. The lowest BCUT2D eigenvalue weighted by atomic mass is 9.87. The molecule has 0 saturated carbocycles. The largest absolute Gasteiger partial charge is 0.318 e. The van der Waals surface area contributed by atoms with Crippen molar-refractivity contribution in [2.45, 2.75) is 0 Å². The third kappa shape index (κ3) is 5.96. The van der Waals surface area contributed by atoms with Crippen LogP contribution in [0.1, 0.15) is 5.56 Å². The van der Waals surface area contributed by atoms with Gasteiger partial charge in [0.25, 0.3) is 0 Å². The van der Waals surface area contributed by atoms with Crippen LogP contribution in [0.15, 0.2) is 231 Å². The summed E-state index contributed by atoms with van der Waals surface area (Å²) in [5.41, 5.74) is 9.36. The summed E-state index contributed by atoms with van der Waals surface area (Å²) in [6.45, 7) is 9.71. The Bertz CT molecular complexity index is 5390. The summed E-state index contributed by atoms with van der Waals surface area (Å²) in [7, 11) is 0. The Morgan fingerprint density at radius 1 is 0.333 bits per heavy atom. The fourth-order valence-electron chi connectivity index (χ4n) is 13.1. The summed E-state index contributed by atoms with van der Waals surface area (Å²) in [5, 5.41) is 30.6. The van der Waals surface area contributed by atoms with E-state index in [0.29, 0.717) is 16.8 Å². The third-order valence-electron chi connectivity index (χ3n) is 16.5. The maximum absolute atomic E-state index is 12.4. The molecule has 0 atom stereocenters. The maximum Gasteiger partial charge on any atom is 0.220 e. The van der Waals surface area contributed by atoms with Crippen molar-refractivity contribution in [1.82, 2.24) is 9.13 Å². The molecule has 358 valence electrons. The number of benzene rings is 13. The van der Waals surface area contributed by atoms with Gasteiger partial charge in [-0.3, -0.25) is 0 Å². The lowest BCUT2D eigenvalue weighted by Gasteiger charge is -2.26. The van der Waals surface area contributed by atoms with Gasteiger partial charge in [0.05, 0.1) is 45.6 Å². The van der Waals surface area contributed by atoms with E-state index in [-0.39, 0.29) is 0 Å². The molecule has 0 spiro atoms. The van der Waals surface area contributed by atoms with Crippen LogP contribution in [-0.4, -0.2) is 9.13 Å². The molecule has 4 heterocycles. The van der Waals surface area contributed by atoms with Gasteiger partial charge in [0, 0.05) is 73.0 Å². The second-order valence-corrected chi connectivity index (χ2v) is 22.6. The van der Waals surface area contributed by atoms with Crippen LogP contribution < -0.4 is 0 Å². The Morgan fingerprint density at radius 3 is 1.24 bits per heavy atom. The first kappa shape index (κ1) is 43.2. The molecule has 13 aromatic carbocycles. The average Bonchev–Trinajstić information content (AvgIpc) is 4.32. The Morgan fingerprint density at radius 2 is 0.744 bits per heavy atom. The molecular formula is C72H38N4S2. The molecule has 17 aromatic rings.